The van der Waals surface area contributed by atoms with Gasteiger partial charge >= 0.3 is 5.97 Å². The van der Waals surface area contributed by atoms with Crippen molar-refractivity contribution in [3.63, 3.8) is 0 Å². The van der Waals surface area contributed by atoms with Gasteiger partial charge in [-0.05, 0) is 0 Å². The van der Waals surface area contributed by atoms with E-state index in [0.717, 1.165) is 0 Å². The first-order valence-corrected chi connectivity index (χ1v) is 2.58. The molecule has 0 aliphatic carbocycles. The van der Waals surface area contributed by atoms with Gasteiger partial charge in [0.2, 0.25) is 0 Å². The average molecular weight is 141 g/mol. The molecule has 0 bridgehead atoms. The van der Waals surface area contributed by atoms with Gasteiger partial charge in [0.25, 0.3) is 0 Å². The highest BCUT2D eigenvalue weighted by Gasteiger charge is 2.09. The molecule has 0 atom stereocenters. The molecule has 10 heavy (non-hydrogen) atoms. The molecule has 0 aromatic carbocycles. The number of rotatable bonds is 1. The van der Waals surface area contributed by atoms with Crippen molar-refractivity contribution < 1.29 is 9.90 Å². The third-order valence-electron chi connectivity index (χ3n) is 1.08. The number of carbonyl (C=O) groups is 1. The van der Waals surface area contributed by atoms with Crippen molar-refractivity contribution >= 4 is 17.5 Å². The summed E-state index contributed by atoms with van der Waals surface area (Å²) < 4.78 is 0. The lowest BCUT2D eigenvalue weighted by atomic mass is 10.4. The first-order chi connectivity index (χ1) is 4.61. The van der Waals surface area contributed by atoms with E-state index in [9.17, 15) is 4.79 Å². The number of nitrogens with two attached hydrogens (primary N) is 2. The number of hydrogen-bond acceptors (Lipinski definition) is 3. The number of aromatic nitrogens is 1. The van der Waals surface area contributed by atoms with Crippen LogP contribution in [0.5, 0.6) is 0 Å². The van der Waals surface area contributed by atoms with Crippen molar-refractivity contribution in [1.82, 2.24) is 4.98 Å². The lowest BCUT2D eigenvalue weighted by Gasteiger charge is -1.87. The van der Waals surface area contributed by atoms with Gasteiger partial charge in [0, 0.05) is 6.07 Å². The van der Waals surface area contributed by atoms with Gasteiger partial charge in [0.1, 0.15) is 11.5 Å². The van der Waals surface area contributed by atoms with Crippen molar-refractivity contribution in [3.8, 4) is 0 Å². The van der Waals surface area contributed by atoms with Gasteiger partial charge in [-0.2, -0.15) is 0 Å². The number of hydrogen-bond donors (Lipinski definition) is 4. The third kappa shape index (κ3) is 0.883. The zero-order valence-corrected chi connectivity index (χ0v) is 5.09. The molecule has 1 aromatic heterocycles. The van der Waals surface area contributed by atoms with Crippen LogP contribution < -0.4 is 11.5 Å². The minimum Gasteiger partial charge on any atom is -0.477 e. The van der Waals surface area contributed by atoms with Gasteiger partial charge in [-0.1, -0.05) is 0 Å². The van der Waals surface area contributed by atoms with Crippen LogP contribution >= 0.6 is 0 Å². The maximum absolute atomic E-state index is 10.3. The summed E-state index contributed by atoms with van der Waals surface area (Å²) in [5.74, 6) is -0.843. The molecule has 0 fully saturated rings. The molecule has 6 N–H and O–H groups in total. The van der Waals surface area contributed by atoms with E-state index in [0.29, 0.717) is 0 Å². The van der Waals surface area contributed by atoms with Crippen LogP contribution in [0.4, 0.5) is 11.5 Å². The molecule has 5 nitrogen and oxygen atoms in total. The second-order valence-corrected chi connectivity index (χ2v) is 1.86. The van der Waals surface area contributed by atoms with Gasteiger partial charge < -0.3 is 21.6 Å². The molecular weight excluding hydrogens is 134 g/mol. The first kappa shape index (κ1) is 6.47. The highest BCUT2D eigenvalue weighted by Crippen LogP contribution is 2.13. The van der Waals surface area contributed by atoms with Crippen molar-refractivity contribution in [2.45, 2.75) is 0 Å². The summed E-state index contributed by atoms with van der Waals surface area (Å²) in [6.07, 6.45) is 0. The number of nitrogens with one attached hydrogen (secondary N) is 1. The average Bonchev–Trinajstić information content (AvgIpc) is 2.10. The largest absolute Gasteiger partial charge is 0.477 e. The molecule has 1 aromatic rings. The fourth-order valence-electron chi connectivity index (χ4n) is 0.669. The van der Waals surface area contributed by atoms with Gasteiger partial charge in [-0.3, -0.25) is 0 Å². The van der Waals surface area contributed by atoms with Gasteiger partial charge in [0.15, 0.2) is 0 Å². The molecule has 0 saturated heterocycles. The van der Waals surface area contributed by atoms with Crippen molar-refractivity contribution in [2.24, 2.45) is 0 Å². The van der Waals surface area contributed by atoms with Crippen molar-refractivity contribution in [2.75, 3.05) is 11.5 Å². The second kappa shape index (κ2) is 1.94. The van der Waals surface area contributed by atoms with E-state index >= 15 is 0 Å². The monoisotopic (exact) mass is 141 g/mol. The number of aromatic carboxylic acids is 1. The minimum atomic E-state index is -1.10. The van der Waals surface area contributed by atoms with E-state index < -0.39 is 5.97 Å². The predicted octanol–water partition coefficient (Wildman–Crippen LogP) is -0.123. The summed E-state index contributed by atoms with van der Waals surface area (Å²) in [5.41, 5.74) is 10.6. The maximum Gasteiger partial charge on any atom is 0.354 e. The number of nitrogen functional groups attached to an aromatic ring is 2. The summed E-state index contributed by atoms with van der Waals surface area (Å²) in [5, 5.41) is 8.41. The van der Waals surface area contributed by atoms with Crippen molar-refractivity contribution in [1.29, 1.82) is 0 Å². The van der Waals surface area contributed by atoms with Crippen LogP contribution in [0, 0.1) is 0 Å². The summed E-state index contributed by atoms with van der Waals surface area (Å²) in [7, 11) is 0. The van der Waals surface area contributed by atoms with Crippen LogP contribution in [0.2, 0.25) is 0 Å². The van der Waals surface area contributed by atoms with Crippen LogP contribution in [0.15, 0.2) is 6.07 Å². The Morgan fingerprint density at radius 1 is 1.60 bits per heavy atom. The molecule has 0 saturated carbocycles. The molecule has 54 valence electrons. The molecule has 5 heteroatoms. The highest BCUT2D eigenvalue weighted by molar-refractivity contribution is 5.92. The van der Waals surface area contributed by atoms with Crippen LogP contribution in [0.25, 0.3) is 0 Å². The topological polar surface area (TPSA) is 105 Å². The number of H-pyrrole nitrogens is 1. The van der Waals surface area contributed by atoms with Crippen LogP contribution in [0.3, 0.4) is 0 Å². The van der Waals surface area contributed by atoms with E-state index in [1.54, 1.807) is 0 Å². The van der Waals surface area contributed by atoms with Crippen LogP contribution in [-0.2, 0) is 0 Å². The lowest BCUT2D eigenvalue weighted by molar-refractivity contribution is 0.0692. The predicted molar refractivity (Wildman–Crippen MR) is 36.6 cm³/mol. The quantitative estimate of drug-likeness (QED) is 0.437. The zero-order valence-electron chi connectivity index (χ0n) is 5.09. The number of anilines is 2. The van der Waals surface area contributed by atoms with E-state index in [4.69, 9.17) is 16.6 Å². The molecule has 0 radical (unpaired) electrons. The Bertz CT molecular complexity index is 266. The second-order valence-electron chi connectivity index (χ2n) is 1.86. The van der Waals surface area contributed by atoms with Crippen LogP contribution in [0.1, 0.15) is 10.5 Å². The number of carboxylic acid groups (broad SMARTS) is 1. The number of carboxylic acids is 1. The van der Waals surface area contributed by atoms with Gasteiger partial charge in [0.05, 0.1) is 5.69 Å². The maximum atomic E-state index is 10.3. The standard InChI is InChI=1S/C5H7N3O2/c6-2-1-3(7)8-4(2)5(9)10/h1,8H,6-7H2,(H,9,10). The Morgan fingerprint density at radius 3 is 2.40 bits per heavy atom. The Kier molecular flexibility index (Phi) is 1.26. The van der Waals surface area contributed by atoms with E-state index in [1.807, 2.05) is 0 Å². The smallest absolute Gasteiger partial charge is 0.354 e. The Balaban J connectivity index is 3.15. The Morgan fingerprint density at radius 2 is 2.20 bits per heavy atom. The summed E-state index contributed by atoms with van der Waals surface area (Å²) in [6.45, 7) is 0. The number of aromatic amines is 1. The molecule has 0 spiro atoms. The summed E-state index contributed by atoms with van der Waals surface area (Å²) >= 11 is 0. The molecule has 0 aliphatic heterocycles. The lowest BCUT2D eigenvalue weighted by Crippen LogP contribution is -2.00. The molecule has 1 rings (SSSR count). The van der Waals surface area contributed by atoms with Gasteiger partial charge in [-0.25, -0.2) is 4.79 Å². The van der Waals surface area contributed by atoms with E-state index in [-0.39, 0.29) is 17.2 Å². The minimum absolute atomic E-state index is 0.0579. The molecular formula is C5H7N3O2. The normalized spacial score (nSPS) is 9.60. The van der Waals surface area contributed by atoms with E-state index in [2.05, 4.69) is 4.98 Å². The molecule has 0 amide bonds. The summed E-state index contributed by atoms with van der Waals surface area (Å²) in [4.78, 5) is 12.7. The fraction of sp³-hybridized carbons (Fsp3) is 0. The fourth-order valence-corrected chi connectivity index (χ4v) is 0.669. The SMILES string of the molecule is Nc1cc(N)c(C(=O)O)[nH]1. The molecule has 0 unspecified atom stereocenters. The van der Waals surface area contributed by atoms with E-state index in [1.165, 1.54) is 6.07 Å². The molecule has 0 aliphatic rings. The Labute approximate surface area is 56.6 Å². The highest BCUT2D eigenvalue weighted by atomic mass is 16.4. The summed E-state index contributed by atoms with van der Waals surface area (Å²) in [6, 6.07) is 1.36. The van der Waals surface area contributed by atoms with Crippen molar-refractivity contribution in [3.05, 3.63) is 11.8 Å². The Hall–Kier alpha value is -1.65. The third-order valence-corrected chi connectivity index (χ3v) is 1.08. The molecule has 1 heterocycles. The van der Waals surface area contributed by atoms with Gasteiger partial charge in [-0.15, -0.1) is 0 Å². The first-order valence-electron chi connectivity index (χ1n) is 2.58. The zero-order chi connectivity index (χ0) is 7.72. The van der Waals surface area contributed by atoms with Crippen LogP contribution in [-0.4, -0.2) is 16.1 Å².